The van der Waals surface area contributed by atoms with Gasteiger partial charge in [0.1, 0.15) is 5.82 Å². The van der Waals surface area contributed by atoms with Crippen LogP contribution in [0.5, 0.6) is 0 Å². The van der Waals surface area contributed by atoms with Crippen LogP contribution in [0.2, 0.25) is 0 Å². The Hall–Kier alpha value is -2.53. The van der Waals surface area contributed by atoms with Gasteiger partial charge in [0.25, 0.3) is 0 Å². The Bertz CT molecular complexity index is 868. The first kappa shape index (κ1) is 16.9. The highest BCUT2D eigenvalue weighted by molar-refractivity contribution is 5.90. The summed E-state index contributed by atoms with van der Waals surface area (Å²) in [5.74, 6) is 1.79. The third-order valence-electron chi connectivity index (χ3n) is 5.24. The van der Waals surface area contributed by atoms with Gasteiger partial charge in [0, 0.05) is 41.9 Å². The second-order valence-corrected chi connectivity index (χ2v) is 6.99. The molecular weight excluding hydrogens is 324 g/mol. The summed E-state index contributed by atoms with van der Waals surface area (Å²) in [4.78, 5) is 13.7. The fraction of sp³-hybridized carbons (Fsp3) is 0.381. The number of rotatable bonds is 4. The SMILES string of the molecule is OC[C@@H]1CCCCC[C@@H]1Nc1nc(-c2cccnc2)nc2ccccc12. The average molecular weight is 348 g/mol. The number of aliphatic hydroxyl groups excluding tert-OH is 1. The predicted octanol–water partition coefficient (Wildman–Crippen LogP) is 4.04. The maximum Gasteiger partial charge on any atom is 0.163 e. The van der Waals surface area contributed by atoms with Gasteiger partial charge in [-0.3, -0.25) is 4.98 Å². The first-order valence-electron chi connectivity index (χ1n) is 9.40. The number of hydrogen-bond acceptors (Lipinski definition) is 5. The van der Waals surface area contributed by atoms with Gasteiger partial charge < -0.3 is 10.4 Å². The third-order valence-corrected chi connectivity index (χ3v) is 5.24. The van der Waals surface area contributed by atoms with Crippen LogP contribution >= 0.6 is 0 Å². The van der Waals surface area contributed by atoms with E-state index in [9.17, 15) is 5.11 Å². The van der Waals surface area contributed by atoms with E-state index >= 15 is 0 Å². The summed E-state index contributed by atoms with van der Waals surface area (Å²) in [6, 6.07) is 12.2. The van der Waals surface area contributed by atoms with Crippen LogP contribution in [-0.2, 0) is 0 Å². The fourth-order valence-corrected chi connectivity index (χ4v) is 3.78. The van der Waals surface area contributed by atoms with Crippen molar-refractivity contribution in [1.29, 1.82) is 0 Å². The van der Waals surface area contributed by atoms with Crippen LogP contribution in [0.3, 0.4) is 0 Å². The number of anilines is 1. The second-order valence-electron chi connectivity index (χ2n) is 6.99. The number of nitrogens with one attached hydrogen (secondary N) is 1. The lowest BCUT2D eigenvalue weighted by molar-refractivity contribution is 0.203. The Morgan fingerprint density at radius 3 is 2.73 bits per heavy atom. The zero-order chi connectivity index (χ0) is 17.8. The second kappa shape index (κ2) is 7.79. The third kappa shape index (κ3) is 3.53. The monoisotopic (exact) mass is 348 g/mol. The molecule has 2 atom stereocenters. The quantitative estimate of drug-likeness (QED) is 0.696. The molecule has 1 aliphatic rings. The van der Waals surface area contributed by atoms with E-state index in [2.05, 4.69) is 16.4 Å². The summed E-state index contributed by atoms with van der Waals surface area (Å²) in [6.07, 6.45) is 9.28. The molecule has 1 fully saturated rings. The average Bonchev–Trinajstić information content (AvgIpc) is 2.93. The maximum atomic E-state index is 9.83. The van der Waals surface area contributed by atoms with Gasteiger partial charge in [0.05, 0.1) is 5.52 Å². The zero-order valence-corrected chi connectivity index (χ0v) is 14.8. The Labute approximate surface area is 153 Å². The Kier molecular flexibility index (Phi) is 5.07. The molecule has 2 aromatic heterocycles. The van der Waals surface area contributed by atoms with Gasteiger partial charge in [-0.1, -0.05) is 31.4 Å². The van der Waals surface area contributed by atoms with Crippen molar-refractivity contribution >= 4 is 16.7 Å². The van der Waals surface area contributed by atoms with Crippen molar-refractivity contribution in [2.45, 2.75) is 38.1 Å². The molecule has 0 saturated heterocycles. The van der Waals surface area contributed by atoms with E-state index in [0.29, 0.717) is 5.82 Å². The van der Waals surface area contributed by atoms with E-state index < -0.39 is 0 Å². The van der Waals surface area contributed by atoms with Gasteiger partial charge in [-0.15, -0.1) is 0 Å². The Balaban J connectivity index is 1.75. The molecule has 0 radical (unpaired) electrons. The molecule has 2 heterocycles. The Morgan fingerprint density at radius 1 is 1.00 bits per heavy atom. The summed E-state index contributed by atoms with van der Waals surface area (Å²) in [6.45, 7) is 0.218. The summed E-state index contributed by atoms with van der Waals surface area (Å²) in [7, 11) is 0. The topological polar surface area (TPSA) is 70.9 Å². The van der Waals surface area contributed by atoms with Crippen LogP contribution in [0.4, 0.5) is 5.82 Å². The number of pyridine rings is 1. The van der Waals surface area contributed by atoms with Crippen molar-refractivity contribution in [2.24, 2.45) is 5.92 Å². The molecule has 5 nitrogen and oxygen atoms in total. The molecule has 5 heteroatoms. The van der Waals surface area contributed by atoms with Crippen LogP contribution in [0, 0.1) is 5.92 Å². The molecule has 1 aliphatic carbocycles. The fourth-order valence-electron chi connectivity index (χ4n) is 3.78. The largest absolute Gasteiger partial charge is 0.396 e. The van der Waals surface area contributed by atoms with E-state index in [4.69, 9.17) is 9.97 Å². The summed E-state index contributed by atoms with van der Waals surface area (Å²) >= 11 is 0. The van der Waals surface area contributed by atoms with Crippen LogP contribution in [0.1, 0.15) is 32.1 Å². The van der Waals surface area contributed by atoms with Gasteiger partial charge >= 0.3 is 0 Å². The highest BCUT2D eigenvalue weighted by Crippen LogP contribution is 2.29. The summed E-state index contributed by atoms with van der Waals surface area (Å²) < 4.78 is 0. The van der Waals surface area contributed by atoms with E-state index in [1.54, 1.807) is 12.4 Å². The highest BCUT2D eigenvalue weighted by Gasteiger charge is 2.24. The molecule has 1 saturated carbocycles. The minimum atomic E-state index is 0.218. The first-order valence-corrected chi connectivity index (χ1v) is 9.40. The minimum Gasteiger partial charge on any atom is -0.396 e. The molecule has 134 valence electrons. The lowest BCUT2D eigenvalue weighted by atomic mass is 9.95. The van der Waals surface area contributed by atoms with E-state index in [1.807, 2.05) is 30.3 Å². The molecule has 0 unspecified atom stereocenters. The smallest absolute Gasteiger partial charge is 0.163 e. The van der Waals surface area contributed by atoms with Crippen LogP contribution in [0.25, 0.3) is 22.3 Å². The van der Waals surface area contributed by atoms with Gasteiger partial charge in [0.15, 0.2) is 5.82 Å². The van der Waals surface area contributed by atoms with Crippen molar-refractivity contribution in [2.75, 3.05) is 11.9 Å². The van der Waals surface area contributed by atoms with E-state index in [0.717, 1.165) is 35.1 Å². The molecule has 26 heavy (non-hydrogen) atoms. The van der Waals surface area contributed by atoms with Crippen molar-refractivity contribution in [3.63, 3.8) is 0 Å². The number of fused-ring (bicyclic) bond motifs is 1. The summed E-state index contributed by atoms with van der Waals surface area (Å²) in [5, 5.41) is 14.5. The van der Waals surface area contributed by atoms with Crippen LogP contribution in [-0.4, -0.2) is 32.7 Å². The maximum absolute atomic E-state index is 9.83. The molecular formula is C21H24N4O. The van der Waals surface area contributed by atoms with Crippen LogP contribution in [0.15, 0.2) is 48.8 Å². The zero-order valence-electron chi connectivity index (χ0n) is 14.8. The number of hydrogen-bond donors (Lipinski definition) is 2. The molecule has 0 aliphatic heterocycles. The lowest BCUT2D eigenvalue weighted by Crippen LogP contribution is -2.31. The van der Waals surface area contributed by atoms with Gasteiger partial charge in [-0.05, 0) is 37.1 Å². The normalized spacial score (nSPS) is 20.7. The van der Waals surface area contributed by atoms with Gasteiger partial charge in [-0.2, -0.15) is 0 Å². The Morgan fingerprint density at radius 2 is 1.88 bits per heavy atom. The molecule has 0 amide bonds. The van der Waals surface area contributed by atoms with Crippen molar-refractivity contribution in [1.82, 2.24) is 15.0 Å². The number of aromatic nitrogens is 3. The molecule has 0 bridgehead atoms. The van der Waals surface area contributed by atoms with E-state index in [1.165, 1.54) is 19.3 Å². The minimum absolute atomic E-state index is 0.218. The molecule has 3 aromatic rings. The number of para-hydroxylation sites is 1. The number of benzene rings is 1. The van der Waals surface area contributed by atoms with Gasteiger partial charge in [0.2, 0.25) is 0 Å². The molecule has 2 N–H and O–H groups in total. The summed E-state index contributed by atoms with van der Waals surface area (Å²) in [5.41, 5.74) is 1.82. The lowest BCUT2D eigenvalue weighted by Gasteiger charge is -2.25. The number of nitrogens with zero attached hydrogens (tertiary/aromatic N) is 3. The van der Waals surface area contributed by atoms with Gasteiger partial charge in [-0.25, -0.2) is 9.97 Å². The molecule has 0 spiro atoms. The van der Waals surface area contributed by atoms with Crippen LogP contribution < -0.4 is 5.32 Å². The first-order chi connectivity index (χ1) is 12.8. The molecule has 1 aromatic carbocycles. The predicted molar refractivity (Wildman–Crippen MR) is 104 cm³/mol. The van der Waals surface area contributed by atoms with Crippen molar-refractivity contribution < 1.29 is 5.11 Å². The van der Waals surface area contributed by atoms with Crippen molar-refractivity contribution in [3.05, 3.63) is 48.8 Å². The molecule has 4 rings (SSSR count). The standard InChI is InChI=1S/C21H24N4O/c26-14-16-7-2-1-3-10-18(16)23-21-17-9-4-5-11-19(17)24-20(25-21)15-8-6-12-22-13-15/h4-6,8-9,11-13,16,18,26H,1-3,7,10,14H2,(H,23,24,25)/t16-,18-/m0/s1. The highest BCUT2D eigenvalue weighted by atomic mass is 16.3. The van der Waals surface area contributed by atoms with E-state index in [-0.39, 0.29) is 18.6 Å². The van der Waals surface area contributed by atoms with Crippen molar-refractivity contribution in [3.8, 4) is 11.4 Å². The number of aliphatic hydroxyl groups is 1.